The summed E-state index contributed by atoms with van der Waals surface area (Å²) in [6.07, 6.45) is 2.28. The van der Waals surface area contributed by atoms with Crippen LogP contribution in [0.3, 0.4) is 0 Å². The molecular formula is C19H17FN2O3. The molecule has 0 aliphatic carbocycles. The van der Waals surface area contributed by atoms with Gasteiger partial charge in [-0.25, -0.2) is 9.82 Å². The molecule has 5 nitrogen and oxygen atoms in total. The zero-order valence-electron chi connectivity index (χ0n) is 13.7. The Hall–Kier alpha value is -3.15. The highest BCUT2D eigenvalue weighted by molar-refractivity contribution is 5.99. The molecule has 0 fully saturated rings. The zero-order chi connectivity index (χ0) is 17.6. The summed E-state index contributed by atoms with van der Waals surface area (Å²) >= 11 is 0. The minimum atomic E-state index is -0.439. The van der Waals surface area contributed by atoms with Gasteiger partial charge in [-0.2, -0.15) is 5.10 Å². The number of rotatable bonds is 6. The fraction of sp³-hybridized carbons (Fsp3) is 0.158. The molecule has 0 bridgehead atoms. The minimum absolute atomic E-state index is 0.256. The third kappa shape index (κ3) is 4.03. The van der Waals surface area contributed by atoms with Crippen LogP contribution >= 0.6 is 0 Å². The third-order valence-electron chi connectivity index (χ3n) is 3.58. The zero-order valence-corrected chi connectivity index (χ0v) is 13.7. The van der Waals surface area contributed by atoms with Gasteiger partial charge in [-0.3, -0.25) is 4.79 Å². The summed E-state index contributed by atoms with van der Waals surface area (Å²) in [5.74, 6) is 0.227. The van der Waals surface area contributed by atoms with Crippen molar-refractivity contribution in [1.29, 1.82) is 0 Å². The lowest BCUT2D eigenvalue weighted by atomic mass is 10.1. The Morgan fingerprint density at radius 2 is 2.12 bits per heavy atom. The van der Waals surface area contributed by atoms with Crippen molar-refractivity contribution in [3.63, 3.8) is 0 Å². The standard InChI is InChI=1S/C19H17FN2O3/c1-2-17-16(15-8-3-4-9-18(15)25-17)11-21-22-19(23)12-24-14-7-5-6-13(20)10-14/h3-11H,2,12H2,1H3,(H,22,23)/b21-11-. The molecule has 2 aromatic carbocycles. The molecule has 3 aromatic rings. The highest BCUT2D eigenvalue weighted by atomic mass is 19.1. The lowest BCUT2D eigenvalue weighted by Crippen LogP contribution is -2.24. The van der Waals surface area contributed by atoms with Crippen LogP contribution in [0.5, 0.6) is 5.75 Å². The number of aryl methyl sites for hydroxylation is 1. The number of carbonyl (C=O) groups excluding carboxylic acids is 1. The van der Waals surface area contributed by atoms with Crippen molar-refractivity contribution in [2.45, 2.75) is 13.3 Å². The van der Waals surface area contributed by atoms with E-state index in [9.17, 15) is 9.18 Å². The molecule has 0 saturated carbocycles. The van der Waals surface area contributed by atoms with Crippen LogP contribution in [0.1, 0.15) is 18.2 Å². The van der Waals surface area contributed by atoms with Gasteiger partial charge in [0.05, 0.1) is 6.21 Å². The van der Waals surface area contributed by atoms with Crippen molar-refractivity contribution in [3.8, 4) is 5.75 Å². The molecule has 0 unspecified atom stereocenters. The van der Waals surface area contributed by atoms with Gasteiger partial charge in [0.1, 0.15) is 22.9 Å². The van der Waals surface area contributed by atoms with Crippen molar-refractivity contribution in [1.82, 2.24) is 5.43 Å². The molecule has 25 heavy (non-hydrogen) atoms. The number of furan rings is 1. The average Bonchev–Trinajstić information content (AvgIpc) is 2.98. The minimum Gasteiger partial charge on any atom is -0.484 e. The van der Waals surface area contributed by atoms with Crippen LogP contribution in [0.4, 0.5) is 4.39 Å². The van der Waals surface area contributed by atoms with E-state index < -0.39 is 11.7 Å². The number of benzene rings is 2. The Balaban J connectivity index is 1.62. The average molecular weight is 340 g/mol. The van der Waals surface area contributed by atoms with E-state index in [4.69, 9.17) is 9.15 Å². The Kier molecular flexibility index (Phi) is 5.09. The first-order valence-corrected chi connectivity index (χ1v) is 7.88. The second kappa shape index (κ2) is 7.61. The highest BCUT2D eigenvalue weighted by Crippen LogP contribution is 2.24. The van der Waals surface area contributed by atoms with Crippen LogP contribution in [-0.4, -0.2) is 18.7 Å². The first-order valence-electron chi connectivity index (χ1n) is 7.88. The van der Waals surface area contributed by atoms with Gasteiger partial charge in [-0.1, -0.05) is 31.2 Å². The van der Waals surface area contributed by atoms with Crippen molar-refractivity contribution in [2.75, 3.05) is 6.61 Å². The fourth-order valence-corrected chi connectivity index (χ4v) is 2.43. The summed E-state index contributed by atoms with van der Waals surface area (Å²) < 4.78 is 24.0. The number of hydrazone groups is 1. The molecule has 0 radical (unpaired) electrons. The Morgan fingerprint density at radius 1 is 1.28 bits per heavy atom. The van der Waals surface area contributed by atoms with E-state index in [1.165, 1.54) is 18.2 Å². The lowest BCUT2D eigenvalue weighted by Gasteiger charge is -2.04. The molecule has 3 rings (SSSR count). The SMILES string of the molecule is CCc1oc2ccccc2c1/C=N\NC(=O)COc1cccc(F)c1. The van der Waals surface area contributed by atoms with Gasteiger partial charge in [0.25, 0.3) is 5.91 Å². The lowest BCUT2D eigenvalue weighted by molar-refractivity contribution is -0.123. The summed E-state index contributed by atoms with van der Waals surface area (Å²) in [5, 5.41) is 4.90. The Bertz CT molecular complexity index is 918. The van der Waals surface area contributed by atoms with E-state index in [1.807, 2.05) is 31.2 Å². The molecule has 1 aromatic heterocycles. The second-order valence-corrected chi connectivity index (χ2v) is 5.33. The summed E-state index contributed by atoms with van der Waals surface area (Å²) in [6, 6.07) is 13.2. The molecule has 128 valence electrons. The van der Waals surface area contributed by atoms with Gasteiger partial charge in [0, 0.05) is 23.4 Å². The van der Waals surface area contributed by atoms with E-state index in [2.05, 4.69) is 10.5 Å². The van der Waals surface area contributed by atoms with Gasteiger partial charge in [-0.15, -0.1) is 0 Å². The number of ether oxygens (including phenoxy) is 1. The normalized spacial score (nSPS) is 11.1. The van der Waals surface area contributed by atoms with Gasteiger partial charge in [0.2, 0.25) is 0 Å². The molecule has 1 N–H and O–H groups in total. The van der Waals surface area contributed by atoms with E-state index in [0.717, 1.165) is 22.3 Å². The quantitative estimate of drug-likeness (QED) is 0.550. The number of nitrogens with zero attached hydrogens (tertiary/aromatic N) is 1. The number of nitrogens with one attached hydrogen (secondary N) is 1. The van der Waals surface area contributed by atoms with E-state index in [1.54, 1.807) is 12.3 Å². The number of fused-ring (bicyclic) bond motifs is 1. The molecule has 1 heterocycles. The Labute approximate surface area is 144 Å². The Morgan fingerprint density at radius 3 is 2.92 bits per heavy atom. The van der Waals surface area contributed by atoms with Crippen molar-refractivity contribution < 1.29 is 18.3 Å². The number of hydrogen-bond acceptors (Lipinski definition) is 4. The van der Waals surface area contributed by atoms with Gasteiger partial charge < -0.3 is 9.15 Å². The number of para-hydroxylation sites is 1. The first kappa shape index (κ1) is 16.7. The molecule has 6 heteroatoms. The molecule has 1 amide bonds. The maximum Gasteiger partial charge on any atom is 0.277 e. The molecule has 0 aliphatic rings. The number of carbonyl (C=O) groups is 1. The van der Waals surface area contributed by atoms with Crippen molar-refractivity contribution in [2.24, 2.45) is 5.10 Å². The van der Waals surface area contributed by atoms with Gasteiger partial charge in [-0.05, 0) is 18.2 Å². The molecule has 0 saturated heterocycles. The summed E-state index contributed by atoms with van der Waals surface area (Å²) in [5.41, 5.74) is 4.01. The molecule has 0 aliphatic heterocycles. The second-order valence-electron chi connectivity index (χ2n) is 5.33. The predicted octanol–water partition coefficient (Wildman–Crippen LogP) is 3.66. The predicted molar refractivity (Wildman–Crippen MR) is 93.2 cm³/mol. The summed E-state index contributed by atoms with van der Waals surface area (Å²) in [6.45, 7) is 1.73. The summed E-state index contributed by atoms with van der Waals surface area (Å²) in [7, 11) is 0. The van der Waals surface area contributed by atoms with Crippen LogP contribution < -0.4 is 10.2 Å². The molecule has 0 spiro atoms. The van der Waals surface area contributed by atoms with E-state index in [0.29, 0.717) is 6.42 Å². The number of amides is 1. The molecular weight excluding hydrogens is 323 g/mol. The van der Waals surface area contributed by atoms with Gasteiger partial charge in [0.15, 0.2) is 6.61 Å². The fourth-order valence-electron chi connectivity index (χ4n) is 2.43. The molecule has 0 atom stereocenters. The van der Waals surface area contributed by atoms with E-state index >= 15 is 0 Å². The van der Waals surface area contributed by atoms with Crippen LogP contribution in [0.2, 0.25) is 0 Å². The van der Waals surface area contributed by atoms with E-state index in [-0.39, 0.29) is 12.4 Å². The third-order valence-corrected chi connectivity index (χ3v) is 3.58. The van der Waals surface area contributed by atoms with Gasteiger partial charge >= 0.3 is 0 Å². The van der Waals surface area contributed by atoms with Crippen LogP contribution in [0.25, 0.3) is 11.0 Å². The highest BCUT2D eigenvalue weighted by Gasteiger charge is 2.10. The topological polar surface area (TPSA) is 63.8 Å². The largest absolute Gasteiger partial charge is 0.484 e. The van der Waals surface area contributed by atoms with Crippen molar-refractivity contribution in [3.05, 3.63) is 65.7 Å². The van der Waals surface area contributed by atoms with Crippen molar-refractivity contribution >= 4 is 23.1 Å². The maximum atomic E-state index is 13.0. The van der Waals surface area contributed by atoms with Crippen LogP contribution in [0, 0.1) is 5.82 Å². The summed E-state index contributed by atoms with van der Waals surface area (Å²) in [4.78, 5) is 11.8. The van der Waals surface area contributed by atoms with Crippen LogP contribution in [0.15, 0.2) is 58.0 Å². The monoisotopic (exact) mass is 340 g/mol. The number of halogens is 1. The number of hydrogen-bond donors (Lipinski definition) is 1. The van der Waals surface area contributed by atoms with Crippen LogP contribution in [-0.2, 0) is 11.2 Å². The smallest absolute Gasteiger partial charge is 0.277 e. The first-order chi connectivity index (χ1) is 12.2. The maximum absolute atomic E-state index is 13.0.